The van der Waals surface area contributed by atoms with Crippen LogP contribution in [0, 0.1) is 10.5 Å². The minimum Gasteiger partial charge on any atom is -0.462 e. The van der Waals surface area contributed by atoms with Crippen LogP contribution in [0.25, 0.3) is 0 Å². The number of aromatic nitrogens is 1. The Hall–Kier alpha value is -1.48. The zero-order chi connectivity index (χ0) is 16.3. The Morgan fingerprint density at radius 2 is 2.05 bits per heavy atom. The highest BCUT2D eigenvalue weighted by atomic mass is 127. The molecule has 22 heavy (non-hydrogen) atoms. The highest BCUT2D eigenvalue weighted by Crippen LogP contribution is 2.14. The number of halogens is 1. The van der Waals surface area contributed by atoms with Crippen LogP contribution in [0.4, 0.5) is 0 Å². The van der Waals surface area contributed by atoms with Crippen LogP contribution in [-0.2, 0) is 11.8 Å². The number of benzene rings is 1. The van der Waals surface area contributed by atoms with E-state index in [4.69, 9.17) is 4.74 Å². The predicted octanol–water partition coefficient (Wildman–Crippen LogP) is 2.92. The smallest absolute Gasteiger partial charge is 0.350 e. The van der Waals surface area contributed by atoms with Crippen LogP contribution in [-0.4, -0.2) is 23.1 Å². The van der Waals surface area contributed by atoms with Crippen molar-refractivity contribution in [2.45, 2.75) is 13.8 Å². The molecule has 5 nitrogen and oxygen atoms in total. The average Bonchev–Trinajstić information content (AvgIpc) is 2.76. The van der Waals surface area contributed by atoms with E-state index in [1.165, 1.54) is 0 Å². The predicted molar refractivity (Wildman–Crippen MR) is 93.0 cm³/mol. The molecular formula is C15H15IN2O3S. The van der Waals surface area contributed by atoms with Gasteiger partial charge in [0.1, 0.15) is 4.88 Å². The van der Waals surface area contributed by atoms with Gasteiger partial charge in [-0.25, -0.2) is 4.79 Å². The van der Waals surface area contributed by atoms with Gasteiger partial charge in [-0.3, -0.25) is 4.79 Å². The van der Waals surface area contributed by atoms with E-state index < -0.39 is 0 Å². The second-order valence-electron chi connectivity index (χ2n) is 4.48. The van der Waals surface area contributed by atoms with Crippen molar-refractivity contribution in [1.82, 2.24) is 4.57 Å². The molecule has 1 heterocycles. The van der Waals surface area contributed by atoms with Gasteiger partial charge < -0.3 is 9.30 Å². The Labute approximate surface area is 145 Å². The van der Waals surface area contributed by atoms with Crippen LogP contribution >= 0.6 is 33.9 Å². The molecule has 0 N–H and O–H groups in total. The molecule has 0 aliphatic heterocycles. The van der Waals surface area contributed by atoms with E-state index in [0.29, 0.717) is 21.8 Å². The number of hydrogen-bond acceptors (Lipinski definition) is 4. The number of amides is 1. The molecule has 0 atom stereocenters. The summed E-state index contributed by atoms with van der Waals surface area (Å²) in [6, 6.07) is 7.26. The van der Waals surface area contributed by atoms with E-state index >= 15 is 0 Å². The van der Waals surface area contributed by atoms with Crippen LogP contribution in [0.2, 0.25) is 0 Å². The zero-order valence-electron chi connectivity index (χ0n) is 12.4. The number of rotatable bonds is 3. The molecule has 0 aliphatic carbocycles. The lowest BCUT2D eigenvalue weighted by Crippen LogP contribution is -2.15. The minimum atomic E-state index is -0.385. The maximum absolute atomic E-state index is 12.3. The number of esters is 1. The normalized spacial score (nSPS) is 11.5. The molecule has 0 aliphatic rings. The molecule has 0 spiro atoms. The fourth-order valence-corrected chi connectivity index (χ4v) is 3.42. The summed E-state index contributed by atoms with van der Waals surface area (Å²) in [4.78, 5) is 29.3. The van der Waals surface area contributed by atoms with Crippen LogP contribution in [0.15, 0.2) is 29.3 Å². The third-order valence-corrected chi connectivity index (χ3v) is 5.23. The van der Waals surface area contributed by atoms with Crippen molar-refractivity contribution >= 4 is 45.8 Å². The summed E-state index contributed by atoms with van der Waals surface area (Å²) in [6.07, 6.45) is 0. The highest BCUT2D eigenvalue weighted by molar-refractivity contribution is 14.1. The zero-order valence-corrected chi connectivity index (χ0v) is 15.4. The maximum Gasteiger partial charge on any atom is 0.350 e. The molecule has 1 amide bonds. The molecule has 0 fully saturated rings. The van der Waals surface area contributed by atoms with Crippen molar-refractivity contribution in [3.05, 3.63) is 48.8 Å². The van der Waals surface area contributed by atoms with E-state index in [1.54, 1.807) is 37.6 Å². The lowest BCUT2D eigenvalue weighted by Gasteiger charge is -2.00. The molecule has 0 saturated heterocycles. The van der Waals surface area contributed by atoms with E-state index in [1.807, 2.05) is 12.1 Å². The second-order valence-corrected chi connectivity index (χ2v) is 6.62. The van der Waals surface area contributed by atoms with Crippen molar-refractivity contribution in [1.29, 1.82) is 0 Å². The first-order valence-electron chi connectivity index (χ1n) is 6.62. The van der Waals surface area contributed by atoms with E-state index in [-0.39, 0.29) is 11.9 Å². The van der Waals surface area contributed by atoms with Gasteiger partial charge in [0.2, 0.25) is 0 Å². The molecule has 0 unspecified atom stereocenters. The van der Waals surface area contributed by atoms with Crippen LogP contribution in [0.1, 0.15) is 32.6 Å². The van der Waals surface area contributed by atoms with Crippen molar-refractivity contribution in [2.75, 3.05) is 6.61 Å². The first kappa shape index (κ1) is 16.9. The van der Waals surface area contributed by atoms with Crippen LogP contribution in [0.3, 0.4) is 0 Å². The van der Waals surface area contributed by atoms with Crippen LogP contribution < -0.4 is 4.80 Å². The molecule has 2 rings (SSSR count). The minimum absolute atomic E-state index is 0.313. The van der Waals surface area contributed by atoms with E-state index in [9.17, 15) is 9.59 Å². The number of carbonyl (C=O) groups excluding carboxylic acids is 2. The van der Waals surface area contributed by atoms with Crippen molar-refractivity contribution in [3.63, 3.8) is 0 Å². The molecule has 0 bridgehead atoms. The van der Waals surface area contributed by atoms with Gasteiger partial charge in [0.05, 0.1) is 12.2 Å². The number of nitrogens with zero attached hydrogens (tertiary/aromatic N) is 2. The van der Waals surface area contributed by atoms with Gasteiger partial charge >= 0.3 is 5.97 Å². The molecule has 2 aromatic rings. The van der Waals surface area contributed by atoms with Gasteiger partial charge in [-0.15, -0.1) is 0 Å². The SMILES string of the molecule is CCOC(=O)c1sc(=NC(=O)c2ccccc2I)n(C)c1C. The number of ether oxygens (including phenoxy) is 1. The number of thiazole rings is 1. The maximum atomic E-state index is 12.3. The first-order chi connectivity index (χ1) is 10.5. The summed E-state index contributed by atoms with van der Waals surface area (Å²) in [5.41, 5.74) is 1.28. The Morgan fingerprint density at radius 3 is 2.68 bits per heavy atom. The van der Waals surface area contributed by atoms with Crippen molar-refractivity contribution < 1.29 is 14.3 Å². The molecule has 116 valence electrons. The van der Waals surface area contributed by atoms with Gasteiger partial charge in [-0.2, -0.15) is 4.99 Å². The summed E-state index contributed by atoms with van der Waals surface area (Å²) in [6.45, 7) is 3.87. The van der Waals surface area contributed by atoms with Gasteiger partial charge in [-0.1, -0.05) is 23.5 Å². The summed E-state index contributed by atoms with van der Waals surface area (Å²) in [7, 11) is 1.77. The lowest BCUT2D eigenvalue weighted by atomic mass is 10.2. The quantitative estimate of drug-likeness (QED) is 0.556. The lowest BCUT2D eigenvalue weighted by molar-refractivity contribution is 0.0530. The molecule has 0 saturated carbocycles. The fourth-order valence-electron chi connectivity index (χ4n) is 1.79. The summed E-state index contributed by atoms with van der Waals surface area (Å²) < 4.78 is 7.59. The largest absolute Gasteiger partial charge is 0.462 e. The van der Waals surface area contributed by atoms with Crippen molar-refractivity contribution in [3.8, 4) is 0 Å². The third-order valence-electron chi connectivity index (χ3n) is 3.07. The van der Waals surface area contributed by atoms with E-state index in [0.717, 1.165) is 20.6 Å². The highest BCUT2D eigenvalue weighted by Gasteiger charge is 2.17. The summed E-state index contributed by atoms with van der Waals surface area (Å²) in [5.74, 6) is -0.707. The molecule has 7 heteroatoms. The standard InChI is InChI=1S/C15H15IN2O3S/c1-4-21-14(20)12-9(2)18(3)15(22-12)17-13(19)10-7-5-6-8-11(10)16/h5-8H,4H2,1-3H3. The van der Waals surface area contributed by atoms with Crippen LogP contribution in [0.5, 0.6) is 0 Å². The summed E-state index contributed by atoms with van der Waals surface area (Å²) >= 11 is 3.26. The Morgan fingerprint density at radius 1 is 1.36 bits per heavy atom. The molecular weight excluding hydrogens is 415 g/mol. The molecule has 1 aromatic heterocycles. The Kier molecular flexibility index (Phi) is 5.52. The van der Waals surface area contributed by atoms with Gasteiger partial charge in [0.25, 0.3) is 5.91 Å². The third kappa shape index (κ3) is 3.46. The summed E-state index contributed by atoms with van der Waals surface area (Å²) in [5, 5.41) is 0. The molecule has 0 radical (unpaired) electrons. The Balaban J connectivity index is 2.45. The Bertz CT molecular complexity index is 792. The van der Waals surface area contributed by atoms with Gasteiger partial charge in [-0.05, 0) is 48.6 Å². The fraction of sp³-hybridized carbons (Fsp3) is 0.267. The average molecular weight is 430 g/mol. The second kappa shape index (κ2) is 7.19. The molecule has 1 aromatic carbocycles. The number of hydrogen-bond donors (Lipinski definition) is 0. The van der Waals surface area contributed by atoms with Gasteiger partial charge in [0, 0.05) is 16.3 Å². The van der Waals surface area contributed by atoms with Gasteiger partial charge in [0.15, 0.2) is 4.80 Å². The number of carbonyl (C=O) groups is 2. The topological polar surface area (TPSA) is 60.7 Å². The monoisotopic (exact) mass is 430 g/mol. The van der Waals surface area contributed by atoms with Crippen molar-refractivity contribution in [2.24, 2.45) is 12.0 Å². The van der Waals surface area contributed by atoms with E-state index in [2.05, 4.69) is 27.6 Å². The first-order valence-corrected chi connectivity index (χ1v) is 8.52.